The van der Waals surface area contributed by atoms with E-state index in [4.69, 9.17) is 5.11 Å². The second kappa shape index (κ2) is 4.76. The Balaban J connectivity index is 2.31. The highest BCUT2D eigenvalue weighted by Gasteiger charge is 2.26. The van der Waals surface area contributed by atoms with E-state index in [0.29, 0.717) is 11.1 Å². The van der Waals surface area contributed by atoms with Gasteiger partial charge in [-0.15, -0.1) is 0 Å². The second-order valence-electron chi connectivity index (χ2n) is 4.45. The summed E-state index contributed by atoms with van der Waals surface area (Å²) in [4.78, 5) is 0.274. The van der Waals surface area contributed by atoms with E-state index in [9.17, 15) is 8.42 Å². The fourth-order valence-electron chi connectivity index (χ4n) is 1.93. The molecule has 0 unspecified atom stereocenters. The molecular weight excluding hydrogens is 238 g/mol. The van der Waals surface area contributed by atoms with Gasteiger partial charge in [0, 0.05) is 6.04 Å². The molecule has 2 N–H and O–H groups in total. The van der Waals surface area contributed by atoms with Crippen LogP contribution in [0.2, 0.25) is 0 Å². The number of rotatable bonds is 4. The van der Waals surface area contributed by atoms with Crippen LogP contribution in [0.3, 0.4) is 0 Å². The monoisotopic (exact) mass is 255 g/mol. The zero-order valence-electron chi connectivity index (χ0n) is 9.81. The lowest BCUT2D eigenvalue weighted by molar-refractivity contribution is 0.280. The molecule has 0 atom stereocenters. The predicted molar refractivity (Wildman–Crippen MR) is 65.1 cm³/mol. The Morgan fingerprint density at radius 3 is 2.65 bits per heavy atom. The average molecular weight is 255 g/mol. The van der Waals surface area contributed by atoms with Gasteiger partial charge in [0.2, 0.25) is 10.0 Å². The lowest BCUT2D eigenvalue weighted by Gasteiger charge is -2.26. The normalized spacial score (nSPS) is 16.8. The maximum Gasteiger partial charge on any atom is 0.241 e. The average Bonchev–Trinajstić information content (AvgIpc) is 2.24. The number of aliphatic hydroxyl groups excluding tert-OH is 1. The van der Waals surface area contributed by atoms with Gasteiger partial charge in [0.05, 0.1) is 11.5 Å². The molecule has 1 aromatic rings. The van der Waals surface area contributed by atoms with E-state index in [1.54, 1.807) is 25.1 Å². The highest BCUT2D eigenvalue weighted by molar-refractivity contribution is 7.89. The molecule has 4 nitrogen and oxygen atoms in total. The van der Waals surface area contributed by atoms with Gasteiger partial charge in [0.1, 0.15) is 0 Å². The van der Waals surface area contributed by atoms with Crippen LogP contribution in [-0.2, 0) is 16.6 Å². The van der Waals surface area contributed by atoms with Crippen LogP contribution in [-0.4, -0.2) is 19.6 Å². The number of hydrogen-bond donors (Lipinski definition) is 2. The highest BCUT2D eigenvalue weighted by Crippen LogP contribution is 2.23. The molecule has 0 aromatic heterocycles. The largest absolute Gasteiger partial charge is 0.392 e. The Hall–Kier alpha value is -0.910. The zero-order valence-corrected chi connectivity index (χ0v) is 10.6. The van der Waals surface area contributed by atoms with Crippen LogP contribution in [0.1, 0.15) is 30.4 Å². The smallest absolute Gasteiger partial charge is 0.241 e. The van der Waals surface area contributed by atoms with Crippen LogP contribution >= 0.6 is 0 Å². The van der Waals surface area contributed by atoms with Crippen molar-refractivity contribution in [2.45, 2.75) is 43.7 Å². The van der Waals surface area contributed by atoms with E-state index < -0.39 is 10.0 Å². The number of benzene rings is 1. The number of nitrogens with one attached hydrogen (secondary N) is 1. The Morgan fingerprint density at radius 2 is 2.12 bits per heavy atom. The van der Waals surface area contributed by atoms with Gasteiger partial charge in [-0.05, 0) is 37.0 Å². The van der Waals surface area contributed by atoms with Crippen molar-refractivity contribution in [3.8, 4) is 0 Å². The molecule has 1 aromatic carbocycles. The molecule has 0 spiro atoms. The number of hydrogen-bond acceptors (Lipinski definition) is 3. The standard InChI is InChI=1S/C12H17NO3S/c1-9-10(8-14)4-2-7-12(9)17(15,16)13-11-5-3-6-11/h2,4,7,11,13-14H,3,5-6,8H2,1H3. The zero-order chi connectivity index (χ0) is 12.5. The van der Waals surface area contributed by atoms with Crippen LogP contribution < -0.4 is 4.72 Å². The number of sulfonamides is 1. The van der Waals surface area contributed by atoms with Gasteiger partial charge in [-0.3, -0.25) is 0 Å². The first-order chi connectivity index (χ1) is 8.04. The minimum atomic E-state index is -3.44. The van der Waals surface area contributed by atoms with Crippen molar-refractivity contribution in [3.05, 3.63) is 29.3 Å². The summed E-state index contributed by atoms with van der Waals surface area (Å²) in [6, 6.07) is 5.05. The molecule has 5 heteroatoms. The Morgan fingerprint density at radius 1 is 1.41 bits per heavy atom. The fraction of sp³-hybridized carbons (Fsp3) is 0.500. The van der Waals surface area contributed by atoms with Gasteiger partial charge < -0.3 is 5.11 Å². The summed E-state index contributed by atoms with van der Waals surface area (Å²) in [5.41, 5.74) is 1.28. The van der Waals surface area contributed by atoms with Crippen LogP contribution in [0, 0.1) is 6.92 Å². The quantitative estimate of drug-likeness (QED) is 0.852. The van der Waals surface area contributed by atoms with Crippen LogP contribution in [0.5, 0.6) is 0 Å². The molecule has 0 radical (unpaired) electrons. The third-order valence-corrected chi connectivity index (χ3v) is 4.95. The number of aliphatic hydroxyl groups is 1. The molecule has 1 aliphatic carbocycles. The molecule has 0 heterocycles. The lowest BCUT2D eigenvalue weighted by atomic mass is 9.94. The molecule has 2 rings (SSSR count). The van der Waals surface area contributed by atoms with E-state index in [1.807, 2.05) is 0 Å². The van der Waals surface area contributed by atoms with E-state index in [0.717, 1.165) is 19.3 Å². The summed E-state index contributed by atoms with van der Waals surface area (Å²) in [5.74, 6) is 0. The molecular formula is C12H17NO3S. The van der Waals surface area contributed by atoms with Crippen molar-refractivity contribution in [1.82, 2.24) is 4.72 Å². The Bertz CT molecular complexity index is 506. The molecule has 1 saturated carbocycles. The summed E-state index contributed by atoms with van der Waals surface area (Å²) < 4.78 is 27.0. The van der Waals surface area contributed by atoms with E-state index in [2.05, 4.69) is 4.72 Å². The summed E-state index contributed by atoms with van der Waals surface area (Å²) in [5, 5.41) is 9.13. The molecule has 1 fully saturated rings. The van der Waals surface area contributed by atoms with E-state index in [-0.39, 0.29) is 17.5 Å². The summed E-state index contributed by atoms with van der Waals surface area (Å²) in [6.07, 6.45) is 2.92. The Kier molecular flexibility index (Phi) is 3.51. The molecule has 17 heavy (non-hydrogen) atoms. The lowest BCUT2D eigenvalue weighted by Crippen LogP contribution is -2.39. The van der Waals surface area contributed by atoms with Crippen molar-refractivity contribution in [3.63, 3.8) is 0 Å². The summed E-state index contributed by atoms with van der Waals surface area (Å²) in [6.45, 7) is 1.58. The summed E-state index contributed by atoms with van der Waals surface area (Å²) >= 11 is 0. The van der Waals surface area contributed by atoms with Gasteiger partial charge >= 0.3 is 0 Å². The van der Waals surface area contributed by atoms with Gasteiger partial charge in [-0.2, -0.15) is 0 Å². The van der Waals surface area contributed by atoms with Crippen molar-refractivity contribution >= 4 is 10.0 Å². The highest BCUT2D eigenvalue weighted by atomic mass is 32.2. The third kappa shape index (κ3) is 2.51. The maximum atomic E-state index is 12.1. The SMILES string of the molecule is Cc1c(CO)cccc1S(=O)(=O)NC1CCC1. The predicted octanol–water partition coefficient (Wildman–Crippen LogP) is 1.32. The van der Waals surface area contributed by atoms with Gasteiger partial charge in [0.15, 0.2) is 0 Å². The molecule has 0 bridgehead atoms. The van der Waals surface area contributed by atoms with Crippen molar-refractivity contribution < 1.29 is 13.5 Å². The molecule has 1 aliphatic rings. The van der Waals surface area contributed by atoms with Crippen molar-refractivity contribution in [1.29, 1.82) is 0 Å². The maximum absolute atomic E-state index is 12.1. The molecule has 0 saturated heterocycles. The third-order valence-electron chi connectivity index (χ3n) is 3.28. The first-order valence-electron chi connectivity index (χ1n) is 5.76. The van der Waals surface area contributed by atoms with Crippen LogP contribution in [0.15, 0.2) is 23.1 Å². The van der Waals surface area contributed by atoms with Crippen LogP contribution in [0.25, 0.3) is 0 Å². The van der Waals surface area contributed by atoms with E-state index in [1.165, 1.54) is 0 Å². The molecule has 0 amide bonds. The summed E-state index contributed by atoms with van der Waals surface area (Å²) in [7, 11) is -3.44. The molecule has 0 aliphatic heterocycles. The first kappa shape index (κ1) is 12.5. The van der Waals surface area contributed by atoms with Crippen LogP contribution in [0.4, 0.5) is 0 Å². The molecule has 94 valence electrons. The van der Waals surface area contributed by atoms with Gasteiger partial charge in [-0.1, -0.05) is 18.6 Å². The van der Waals surface area contributed by atoms with E-state index >= 15 is 0 Å². The van der Waals surface area contributed by atoms with Gasteiger partial charge in [0.25, 0.3) is 0 Å². The Labute approximate surface area is 102 Å². The minimum Gasteiger partial charge on any atom is -0.392 e. The first-order valence-corrected chi connectivity index (χ1v) is 7.24. The second-order valence-corrected chi connectivity index (χ2v) is 6.13. The fourth-order valence-corrected chi connectivity index (χ4v) is 3.52. The minimum absolute atomic E-state index is 0.0807. The van der Waals surface area contributed by atoms with Crippen molar-refractivity contribution in [2.75, 3.05) is 0 Å². The van der Waals surface area contributed by atoms with Gasteiger partial charge in [-0.25, -0.2) is 13.1 Å². The topological polar surface area (TPSA) is 66.4 Å². The van der Waals surface area contributed by atoms with Crippen molar-refractivity contribution in [2.24, 2.45) is 0 Å².